The Kier molecular flexibility index (Phi) is 5.56. The monoisotopic (exact) mass is 386 g/mol. The lowest BCUT2D eigenvalue weighted by atomic mass is 9.96. The van der Waals surface area contributed by atoms with Crippen LogP contribution in [0.15, 0.2) is 60.9 Å². The first-order chi connectivity index (χ1) is 14.1. The summed E-state index contributed by atoms with van der Waals surface area (Å²) in [4.78, 5) is 24.0. The van der Waals surface area contributed by atoms with Crippen LogP contribution in [-0.4, -0.2) is 29.0 Å². The van der Waals surface area contributed by atoms with Gasteiger partial charge in [0, 0.05) is 30.4 Å². The van der Waals surface area contributed by atoms with Crippen LogP contribution in [0.4, 0.5) is 11.5 Å². The normalized spacial score (nSPS) is 16.5. The summed E-state index contributed by atoms with van der Waals surface area (Å²) in [6, 6.07) is 18.2. The molecular formula is C24H26N4O. The summed E-state index contributed by atoms with van der Waals surface area (Å²) in [5.74, 6) is 0.902. The molecule has 0 aliphatic carbocycles. The van der Waals surface area contributed by atoms with E-state index in [1.165, 1.54) is 0 Å². The molecule has 3 aromatic rings. The molecule has 1 aromatic heterocycles. The van der Waals surface area contributed by atoms with Gasteiger partial charge < -0.3 is 10.2 Å². The molecule has 1 atom stereocenters. The lowest BCUT2D eigenvalue weighted by Gasteiger charge is -2.33. The van der Waals surface area contributed by atoms with Crippen LogP contribution in [0.2, 0.25) is 0 Å². The molecule has 1 fully saturated rings. The Morgan fingerprint density at radius 3 is 2.55 bits per heavy atom. The molecule has 2 heterocycles. The van der Waals surface area contributed by atoms with Crippen molar-refractivity contribution in [1.82, 2.24) is 9.97 Å². The zero-order chi connectivity index (χ0) is 20.2. The van der Waals surface area contributed by atoms with E-state index in [-0.39, 0.29) is 11.8 Å². The maximum absolute atomic E-state index is 12.9. The topological polar surface area (TPSA) is 58.1 Å². The maximum Gasteiger partial charge on any atom is 0.229 e. The summed E-state index contributed by atoms with van der Waals surface area (Å²) in [5, 5.41) is 3.10. The fourth-order valence-electron chi connectivity index (χ4n) is 3.98. The van der Waals surface area contributed by atoms with Crippen LogP contribution in [0.3, 0.4) is 0 Å². The lowest BCUT2D eigenvalue weighted by molar-refractivity contribution is -0.120. The summed E-state index contributed by atoms with van der Waals surface area (Å²) in [6.07, 6.45) is 3.47. The van der Waals surface area contributed by atoms with Gasteiger partial charge in [0.15, 0.2) is 0 Å². The third-order valence-electron chi connectivity index (χ3n) is 5.33. The van der Waals surface area contributed by atoms with E-state index in [9.17, 15) is 4.79 Å². The molecule has 4 rings (SSSR count). The van der Waals surface area contributed by atoms with Gasteiger partial charge in [0.05, 0.1) is 11.6 Å². The Bertz CT molecular complexity index is 983. The van der Waals surface area contributed by atoms with Crippen molar-refractivity contribution in [2.45, 2.75) is 26.7 Å². The Hall–Kier alpha value is -3.21. The summed E-state index contributed by atoms with van der Waals surface area (Å²) in [5.41, 5.74) is 5.15. The van der Waals surface area contributed by atoms with E-state index in [0.29, 0.717) is 6.54 Å². The van der Waals surface area contributed by atoms with E-state index >= 15 is 0 Å². The number of aryl methyl sites for hydroxylation is 2. The number of nitrogens with one attached hydrogen (secondary N) is 1. The Balaban J connectivity index is 1.47. The fraction of sp³-hybridized carbons (Fsp3) is 0.292. The fourth-order valence-corrected chi connectivity index (χ4v) is 3.98. The van der Waals surface area contributed by atoms with Gasteiger partial charge in [-0.1, -0.05) is 36.4 Å². The van der Waals surface area contributed by atoms with Gasteiger partial charge in [0.1, 0.15) is 12.1 Å². The van der Waals surface area contributed by atoms with Crippen LogP contribution in [-0.2, 0) is 4.79 Å². The second kappa shape index (κ2) is 8.43. The molecule has 0 radical (unpaired) electrons. The molecule has 1 aliphatic heterocycles. The van der Waals surface area contributed by atoms with Crippen LogP contribution < -0.4 is 10.2 Å². The molecule has 1 aliphatic rings. The largest absolute Gasteiger partial charge is 0.356 e. The number of hydrogen-bond acceptors (Lipinski definition) is 4. The van der Waals surface area contributed by atoms with E-state index in [4.69, 9.17) is 0 Å². The summed E-state index contributed by atoms with van der Waals surface area (Å²) < 4.78 is 0. The van der Waals surface area contributed by atoms with Gasteiger partial charge in [-0.25, -0.2) is 9.97 Å². The minimum Gasteiger partial charge on any atom is -0.356 e. The van der Waals surface area contributed by atoms with Crippen molar-refractivity contribution in [3.05, 3.63) is 72.1 Å². The van der Waals surface area contributed by atoms with E-state index in [0.717, 1.165) is 53.3 Å². The first-order valence-corrected chi connectivity index (χ1v) is 10.1. The van der Waals surface area contributed by atoms with Crippen molar-refractivity contribution >= 4 is 17.4 Å². The van der Waals surface area contributed by atoms with Gasteiger partial charge in [0.25, 0.3) is 0 Å². The van der Waals surface area contributed by atoms with Crippen LogP contribution in [0, 0.1) is 19.8 Å². The van der Waals surface area contributed by atoms with Gasteiger partial charge in [-0.05, 0) is 49.9 Å². The Morgan fingerprint density at radius 2 is 1.79 bits per heavy atom. The van der Waals surface area contributed by atoms with Gasteiger partial charge in [-0.3, -0.25) is 4.79 Å². The maximum atomic E-state index is 12.9. The number of carbonyl (C=O) groups excluding carboxylic acids is 1. The molecule has 1 saturated heterocycles. The minimum atomic E-state index is -0.0558. The summed E-state index contributed by atoms with van der Waals surface area (Å²) in [6.45, 7) is 5.66. The average molecular weight is 386 g/mol. The zero-order valence-corrected chi connectivity index (χ0v) is 16.9. The molecule has 0 spiro atoms. The quantitative estimate of drug-likeness (QED) is 0.711. The number of benzene rings is 2. The van der Waals surface area contributed by atoms with E-state index in [1.54, 1.807) is 6.33 Å². The molecule has 0 bridgehead atoms. The highest BCUT2D eigenvalue weighted by Crippen LogP contribution is 2.26. The second-order valence-electron chi connectivity index (χ2n) is 7.78. The van der Waals surface area contributed by atoms with E-state index < -0.39 is 0 Å². The zero-order valence-electron chi connectivity index (χ0n) is 16.9. The highest BCUT2D eigenvalue weighted by Gasteiger charge is 2.27. The van der Waals surface area contributed by atoms with Gasteiger partial charge in [-0.2, -0.15) is 0 Å². The minimum absolute atomic E-state index is 0.0558. The summed E-state index contributed by atoms with van der Waals surface area (Å²) in [7, 11) is 0. The predicted octanol–water partition coefficient (Wildman–Crippen LogP) is 4.62. The van der Waals surface area contributed by atoms with Gasteiger partial charge >= 0.3 is 0 Å². The lowest BCUT2D eigenvalue weighted by Crippen LogP contribution is -2.41. The van der Waals surface area contributed by atoms with Gasteiger partial charge in [0.2, 0.25) is 5.91 Å². The van der Waals surface area contributed by atoms with E-state index in [1.807, 2.05) is 62.4 Å². The number of aromatic nitrogens is 2. The third kappa shape index (κ3) is 4.62. The Morgan fingerprint density at radius 1 is 1.03 bits per heavy atom. The van der Waals surface area contributed by atoms with Crippen LogP contribution >= 0.6 is 0 Å². The first-order valence-electron chi connectivity index (χ1n) is 10.1. The molecule has 148 valence electrons. The van der Waals surface area contributed by atoms with Gasteiger partial charge in [-0.15, -0.1) is 0 Å². The molecule has 2 aromatic carbocycles. The van der Waals surface area contributed by atoms with Crippen LogP contribution in [0.1, 0.15) is 24.0 Å². The number of amides is 1. The van der Waals surface area contributed by atoms with Crippen molar-refractivity contribution in [2.75, 3.05) is 23.3 Å². The molecule has 5 nitrogen and oxygen atoms in total. The summed E-state index contributed by atoms with van der Waals surface area (Å²) >= 11 is 0. The van der Waals surface area contributed by atoms with Crippen LogP contribution in [0.25, 0.3) is 11.3 Å². The molecule has 29 heavy (non-hydrogen) atoms. The highest BCUT2D eigenvalue weighted by molar-refractivity contribution is 5.93. The van der Waals surface area contributed by atoms with E-state index in [2.05, 4.69) is 26.3 Å². The standard InChI is InChI=1S/C24H26N4O/c1-17-11-18(2)13-21(12-17)27-24(29)20-9-6-10-28(15-20)23-14-22(25-16-26-23)19-7-4-3-5-8-19/h3-5,7-8,11-14,16,20H,6,9-10,15H2,1-2H3,(H,27,29). The SMILES string of the molecule is Cc1cc(C)cc(NC(=O)C2CCCN(c3cc(-c4ccccc4)ncn3)C2)c1. The first kappa shape index (κ1) is 19.1. The number of carbonyl (C=O) groups is 1. The molecule has 5 heteroatoms. The van der Waals surface area contributed by atoms with Crippen molar-refractivity contribution in [1.29, 1.82) is 0 Å². The number of hydrogen-bond donors (Lipinski definition) is 1. The number of piperidine rings is 1. The number of anilines is 2. The van der Waals surface area contributed by atoms with Crippen LogP contribution in [0.5, 0.6) is 0 Å². The van der Waals surface area contributed by atoms with Crippen molar-refractivity contribution in [3.8, 4) is 11.3 Å². The number of rotatable bonds is 4. The van der Waals surface area contributed by atoms with Crippen molar-refractivity contribution in [3.63, 3.8) is 0 Å². The average Bonchev–Trinajstić information content (AvgIpc) is 2.74. The third-order valence-corrected chi connectivity index (χ3v) is 5.33. The smallest absolute Gasteiger partial charge is 0.229 e. The molecule has 1 N–H and O–H groups in total. The predicted molar refractivity (Wildman–Crippen MR) is 117 cm³/mol. The number of nitrogens with zero attached hydrogens (tertiary/aromatic N) is 3. The van der Waals surface area contributed by atoms with Crippen molar-refractivity contribution < 1.29 is 4.79 Å². The molecule has 1 amide bonds. The highest BCUT2D eigenvalue weighted by atomic mass is 16.1. The van der Waals surface area contributed by atoms with Crippen molar-refractivity contribution in [2.24, 2.45) is 5.92 Å². The Labute approximate surface area is 171 Å². The molecule has 0 saturated carbocycles. The molecular weight excluding hydrogens is 360 g/mol. The second-order valence-corrected chi connectivity index (χ2v) is 7.78. The molecule has 1 unspecified atom stereocenters.